The van der Waals surface area contributed by atoms with E-state index in [4.69, 9.17) is 9.47 Å². The molecule has 2 aromatic rings. The van der Waals surface area contributed by atoms with Crippen LogP contribution in [0.2, 0.25) is 0 Å². The molecule has 0 radical (unpaired) electrons. The zero-order valence-electron chi connectivity index (χ0n) is 13.5. The lowest BCUT2D eigenvalue weighted by Crippen LogP contribution is -2.29. The van der Waals surface area contributed by atoms with Crippen molar-refractivity contribution < 1.29 is 19.1 Å². The van der Waals surface area contributed by atoms with Crippen molar-refractivity contribution in [3.63, 3.8) is 0 Å². The van der Waals surface area contributed by atoms with E-state index < -0.39 is 11.8 Å². The minimum Gasteiger partial charge on any atom is -0.486 e. The Bertz CT molecular complexity index is 802. The van der Waals surface area contributed by atoms with Crippen molar-refractivity contribution in [2.45, 2.75) is 13.8 Å². The van der Waals surface area contributed by atoms with Gasteiger partial charge in [-0.05, 0) is 43.2 Å². The first-order chi connectivity index (χ1) is 11.5. The number of ether oxygens (including phenoxy) is 2. The standard InChI is InChI=1S/C18H18N2O4/c1-11-3-4-12(2)14(9-11)20-18(22)17(21)19-13-5-6-15-16(10-13)24-8-7-23-15/h3-6,9-10H,7-8H2,1-2H3,(H,19,21)(H,20,22). The van der Waals surface area contributed by atoms with Crippen molar-refractivity contribution in [2.24, 2.45) is 0 Å². The van der Waals surface area contributed by atoms with Crippen molar-refractivity contribution in [2.75, 3.05) is 23.8 Å². The molecule has 0 bridgehead atoms. The number of hydrogen-bond acceptors (Lipinski definition) is 4. The van der Waals surface area contributed by atoms with E-state index in [1.807, 2.05) is 32.0 Å². The lowest BCUT2D eigenvalue weighted by Gasteiger charge is -2.19. The zero-order chi connectivity index (χ0) is 17.1. The third-order valence-corrected chi connectivity index (χ3v) is 3.65. The smallest absolute Gasteiger partial charge is 0.314 e. The van der Waals surface area contributed by atoms with Gasteiger partial charge in [0, 0.05) is 17.4 Å². The molecule has 0 saturated heterocycles. The number of amides is 2. The number of nitrogens with one attached hydrogen (secondary N) is 2. The molecule has 0 aliphatic carbocycles. The number of benzene rings is 2. The maximum atomic E-state index is 12.1. The lowest BCUT2D eigenvalue weighted by atomic mass is 10.1. The fraction of sp³-hybridized carbons (Fsp3) is 0.222. The van der Waals surface area contributed by atoms with E-state index in [1.165, 1.54) is 0 Å². The van der Waals surface area contributed by atoms with E-state index in [9.17, 15) is 9.59 Å². The van der Waals surface area contributed by atoms with E-state index in [0.717, 1.165) is 11.1 Å². The van der Waals surface area contributed by atoms with Gasteiger partial charge in [0.15, 0.2) is 11.5 Å². The first-order valence-corrected chi connectivity index (χ1v) is 7.62. The van der Waals surface area contributed by atoms with Gasteiger partial charge in [-0.2, -0.15) is 0 Å². The molecule has 1 aliphatic rings. The van der Waals surface area contributed by atoms with Gasteiger partial charge in [0.05, 0.1) is 0 Å². The summed E-state index contributed by atoms with van der Waals surface area (Å²) in [6, 6.07) is 10.7. The lowest BCUT2D eigenvalue weighted by molar-refractivity contribution is -0.133. The minimum atomic E-state index is -0.743. The molecule has 6 heteroatoms. The highest BCUT2D eigenvalue weighted by Gasteiger charge is 2.17. The quantitative estimate of drug-likeness (QED) is 0.832. The van der Waals surface area contributed by atoms with E-state index in [2.05, 4.69) is 10.6 Å². The van der Waals surface area contributed by atoms with Gasteiger partial charge in [-0.15, -0.1) is 0 Å². The van der Waals surface area contributed by atoms with Gasteiger partial charge in [-0.3, -0.25) is 9.59 Å². The van der Waals surface area contributed by atoms with Crippen LogP contribution in [0, 0.1) is 13.8 Å². The van der Waals surface area contributed by atoms with Crippen LogP contribution in [-0.4, -0.2) is 25.0 Å². The molecule has 0 spiro atoms. The number of fused-ring (bicyclic) bond motifs is 1. The topological polar surface area (TPSA) is 76.7 Å². The number of rotatable bonds is 2. The van der Waals surface area contributed by atoms with E-state index >= 15 is 0 Å². The maximum Gasteiger partial charge on any atom is 0.314 e. The molecular weight excluding hydrogens is 308 g/mol. The van der Waals surface area contributed by atoms with Gasteiger partial charge < -0.3 is 20.1 Å². The summed E-state index contributed by atoms with van der Waals surface area (Å²) in [5.74, 6) is -0.292. The summed E-state index contributed by atoms with van der Waals surface area (Å²) in [6.45, 7) is 4.74. The number of carbonyl (C=O) groups excluding carboxylic acids is 2. The van der Waals surface area contributed by atoms with Crippen LogP contribution in [0.5, 0.6) is 11.5 Å². The molecule has 0 saturated carbocycles. The van der Waals surface area contributed by atoms with E-state index in [1.54, 1.807) is 18.2 Å². The summed E-state index contributed by atoms with van der Waals surface area (Å²) < 4.78 is 10.9. The Balaban J connectivity index is 1.68. The van der Waals surface area contributed by atoms with Gasteiger partial charge in [0.2, 0.25) is 0 Å². The van der Waals surface area contributed by atoms with Crippen molar-refractivity contribution in [1.82, 2.24) is 0 Å². The Hall–Kier alpha value is -3.02. The van der Waals surface area contributed by atoms with Crippen LogP contribution in [0.25, 0.3) is 0 Å². The summed E-state index contributed by atoms with van der Waals surface area (Å²) >= 11 is 0. The molecule has 0 unspecified atom stereocenters. The average molecular weight is 326 g/mol. The van der Waals surface area contributed by atoms with Crippen molar-refractivity contribution in [3.05, 3.63) is 47.5 Å². The highest BCUT2D eigenvalue weighted by atomic mass is 16.6. The average Bonchev–Trinajstić information content (AvgIpc) is 2.58. The van der Waals surface area contributed by atoms with Crippen molar-refractivity contribution in [3.8, 4) is 11.5 Å². The highest BCUT2D eigenvalue weighted by molar-refractivity contribution is 6.43. The van der Waals surface area contributed by atoms with Gasteiger partial charge in [-0.25, -0.2) is 0 Å². The third kappa shape index (κ3) is 3.48. The first-order valence-electron chi connectivity index (χ1n) is 7.62. The zero-order valence-corrected chi connectivity index (χ0v) is 13.5. The van der Waals surface area contributed by atoms with Crippen LogP contribution in [0.1, 0.15) is 11.1 Å². The molecule has 2 N–H and O–H groups in total. The predicted octanol–water partition coefficient (Wildman–Crippen LogP) is 2.65. The van der Waals surface area contributed by atoms with Crippen LogP contribution in [0.4, 0.5) is 11.4 Å². The molecule has 2 aromatic carbocycles. The maximum absolute atomic E-state index is 12.1. The molecular formula is C18H18N2O4. The fourth-order valence-electron chi connectivity index (χ4n) is 2.36. The second kappa shape index (κ2) is 6.62. The third-order valence-electron chi connectivity index (χ3n) is 3.65. The molecule has 24 heavy (non-hydrogen) atoms. The Morgan fingerprint density at radius 1 is 0.875 bits per heavy atom. The van der Waals surface area contributed by atoms with Crippen LogP contribution >= 0.6 is 0 Å². The molecule has 1 heterocycles. The molecule has 3 rings (SSSR count). The Labute approximate surface area is 139 Å². The summed E-state index contributed by atoms with van der Waals surface area (Å²) in [5, 5.41) is 5.19. The Kier molecular flexibility index (Phi) is 4.37. The second-order valence-electron chi connectivity index (χ2n) is 5.59. The summed E-state index contributed by atoms with van der Waals surface area (Å²) in [5.41, 5.74) is 2.99. The molecule has 1 aliphatic heterocycles. The molecule has 0 aromatic heterocycles. The van der Waals surface area contributed by atoms with E-state index in [0.29, 0.717) is 36.1 Å². The number of hydrogen-bond donors (Lipinski definition) is 2. The molecule has 0 fully saturated rings. The molecule has 6 nitrogen and oxygen atoms in total. The van der Waals surface area contributed by atoms with Crippen LogP contribution in [-0.2, 0) is 9.59 Å². The summed E-state index contributed by atoms with van der Waals surface area (Å²) in [6.07, 6.45) is 0. The van der Waals surface area contributed by atoms with Crippen LogP contribution in [0.15, 0.2) is 36.4 Å². The van der Waals surface area contributed by atoms with Gasteiger partial charge in [0.25, 0.3) is 0 Å². The number of anilines is 2. The van der Waals surface area contributed by atoms with Crippen LogP contribution in [0.3, 0.4) is 0 Å². The second-order valence-corrected chi connectivity index (χ2v) is 5.59. The fourth-order valence-corrected chi connectivity index (χ4v) is 2.36. The Morgan fingerprint density at radius 2 is 1.58 bits per heavy atom. The summed E-state index contributed by atoms with van der Waals surface area (Å²) in [7, 11) is 0. The molecule has 2 amide bonds. The van der Waals surface area contributed by atoms with Crippen LogP contribution < -0.4 is 20.1 Å². The predicted molar refractivity (Wildman–Crippen MR) is 90.6 cm³/mol. The number of carbonyl (C=O) groups is 2. The SMILES string of the molecule is Cc1ccc(C)c(NC(=O)C(=O)Nc2ccc3c(c2)OCCO3)c1. The van der Waals surface area contributed by atoms with E-state index in [-0.39, 0.29) is 0 Å². The number of aryl methyl sites for hydroxylation is 2. The minimum absolute atomic E-state index is 0.456. The monoisotopic (exact) mass is 326 g/mol. The van der Waals surface area contributed by atoms with Crippen molar-refractivity contribution in [1.29, 1.82) is 0 Å². The van der Waals surface area contributed by atoms with Crippen molar-refractivity contribution >= 4 is 23.2 Å². The van der Waals surface area contributed by atoms with Gasteiger partial charge in [0.1, 0.15) is 13.2 Å². The largest absolute Gasteiger partial charge is 0.486 e. The summed E-state index contributed by atoms with van der Waals surface area (Å²) in [4.78, 5) is 24.2. The highest BCUT2D eigenvalue weighted by Crippen LogP contribution is 2.32. The first kappa shape index (κ1) is 15.9. The normalized spacial score (nSPS) is 12.4. The molecule has 124 valence electrons. The Morgan fingerprint density at radius 3 is 2.38 bits per heavy atom. The van der Waals surface area contributed by atoms with Gasteiger partial charge in [-0.1, -0.05) is 12.1 Å². The van der Waals surface area contributed by atoms with Gasteiger partial charge >= 0.3 is 11.8 Å². The molecule has 0 atom stereocenters.